The van der Waals surface area contributed by atoms with Gasteiger partial charge in [-0.3, -0.25) is 0 Å². The summed E-state index contributed by atoms with van der Waals surface area (Å²) in [6.07, 6.45) is 0. The monoisotopic (exact) mass is 907 g/mol. The minimum Gasteiger partial charge on any atom is -0.458 e. The van der Waals surface area contributed by atoms with Crippen LogP contribution in [0.25, 0.3) is 49.7 Å². The van der Waals surface area contributed by atoms with Gasteiger partial charge < -0.3 is 19.1 Å². The van der Waals surface area contributed by atoms with Gasteiger partial charge in [-0.25, -0.2) is 0 Å². The molecule has 0 bridgehead atoms. The molecule has 0 aliphatic carbocycles. The lowest BCUT2D eigenvalue weighted by Gasteiger charge is -2.43. The van der Waals surface area contributed by atoms with Gasteiger partial charge in [0.2, 0.25) is 0 Å². The fourth-order valence-electron chi connectivity index (χ4n) is 12.7. The van der Waals surface area contributed by atoms with Gasteiger partial charge in [-0.05, 0) is 162 Å². The molecule has 5 heterocycles. The molecule has 6 heteroatoms. The van der Waals surface area contributed by atoms with Crippen molar-refractivity contribution in [2.75, 3.05) is 9.80 Å². The van der Waals surface area contributed by atoms with E-state index in [1.807, 2.05) is 0 Å². The second-order valence-electron chi connectivity index (χ2n) is 20.5. The van der Waals surface area contributed by atoms with Gasteiger partial charge >= 0.3 is 0 Å². The van der Waals surface area contributed by atoms with Crippen molar-refractivity contribution in [3.05, 3.63) is 222 Å². The van der Waals surface area contributed by atoms with Crippen LogP contribution in [0.2, 0.25) is 0 Å². The summed E-state index contributed by atoms with van der Waals surface area (Å²) in [5.41, 5.74) is 29.2. The molecule has 0 unspecified atom stereocenters. The third-order valence-electron chi connectivity index (χ3n) is 15.8. The molecular formula is C65H47B2N3O. The van der Waals surface area contributed by atoms with Gasteiger partial charge in [0.1, 0.15) is 11.5 Å². The summed E-state index contributed by atoms with van der Waals surface area (Å²) in [4.78, 5) is 5.01. The van der Waals surface area contributed by atoms with Crippen LogP contribution in [-0.2, 0) is 0 Å². The number of aromatic nitrogens is 1. The van der Waals surface area contributed by atoms with E-state index < -0.39 is 0 Å². The number of aryl methyl sites for hydroxylation is 5. The topological polar surface area (TPSA) is 20.6 Å². The predicted molar refractivity (Wildman–Crippen MR) is 301 cm³/mol. The van der Waals surface area contributed by atoms with E-state index in [2.05, 4.69) is 243 Å². The van der Waals surface area contributed by atoms with E-state index in [4.69, 9.17) is 4.74 Å². The maximum absolute atomic E-state index is 7.52. The highest BCUT2D eigenvalue weighted by atomic mass is 16.5. The zero-order chi connectivity index (χ0) is 47.4. The molecule has 4 aliphatic heterocycles. The largest absolute Gasteiger partial charge is 0.458 e. The Kier molecular flexibility index (Phi) is 8.41. The van der Waals surface area contributed by atoms with Crippen LogP contribution in [0.3, 0.4) is 0 Å². The molecule has 334 valence electrons. The van der Waals surface area contributed by atoms with E-state index in [0.717, 1.165) is 45.4 Å². The minimum absolute atomic E-state index is 0.0573. The molecule has 4 aliphatic rings. The normalized spacial score (nSPS) is 13.4. The van der Waals surface area contributed by atoms with Crippen molar-refractivity contribution in [3.63, 3.8) is 0 Å². The van der Waals surface area contributed by atoms with E-state index in [1.54, 1.807) is 0 Å². The van der Waals surface area contributed by atoms with Crippen molar-refractivity contribution < 1.29 is 4.74 Å². The molecule has 71 heavy (non-hydrogen) atoms. The van der Waals surface area contributed by atoms with Crippen molar-refractivity contribution in [2.24, 2.45) is 0 Å². The van der Waals surface area contributed by atoms with E-state index in [9.17, 15) is 0 Å². The molecule has 0 fully saturated rings. The molecule has 0 saturated heterocycles. The summed E-state index contributed by atoms with van der Waals surface area (Å²) in [5.74, 6) is 1.79. The highest BCUT2D eigenvalue weighted by molar-refractivity contribution is 7.02. The fraction of sp³-hybridized carbons (Fsp3) is 0.0769. The maximum Gasteiger partial charge on any atom is 0.256 e. The average molecular weight is 908 g/mol. The van der Waals surface area contributed by atoms with E-state index in [1.165, 1.54) is 111 Å². The van der Waals surface area contributed by atoms with Gasteiger partial charge in [-0.1, -0.05) is 143 Å². The third kappa shape index (κ3) is 5.82. The highest BCUT2D eigenvalue weighted by Crippen LogP contribution is 2.47. The number of rotatable bonds is 4. The van der Waals surface area contributed by atoms with Crippen LogP contribution in [0.1, 0.15) is 27.8 Å². The van der Waals surface area contributed by atoms with Crippen LogP contribution in [0.15, 0.2) is 194 Å². The van der Waals surface area contributed by atoms with Gasteiger partial charge in [-0.2, -0.15) is 0 Å². The molecule has 0 spiro atoms. The summed E-state index contributed by atoms with van der Waals surface area (Å²) in [5, 5.41) is 2.60. The van der Waals surface area contributed by atoms with Crippen LogP contribution in [0.5, 0.6) is 11.5 Å². The van der Waals surface area contributed by atoms with E-state index in [-0.39, 0.29) is 13.4 Å². The second kappa shape index (κ2) is 14.8. The Labute approximate surface area is 415 Å². The number of benzene rings is 10. The van der Waals surface area contributed by atoms with Gasteiger partial charge in [0, 0.05) is 62.2 Å². The van der Waals surface area contributed by atoms with Crippen LogP contribution in [0, 0.1) is 34.6 Å². The number of ether oxygens (including phenoxy) is 1. The lowest BCUT2D eigenvalue weighted by atomic mass is 9.30. The number of fused-ring (bicyclic) bond motifs is 11. The molecule has 10 aromatic carbocycles. The predicted octanol–water partition coefficient (Wildman–Crippen LogP) is 12.7. The number of nitrogens with zero attached hydrogens (tertiary/aromatic N) is 3. The van der Waals surface area contributed by atoms with Crippen LogP contribution >= 0.6 is 0 Å². The molecule has 0 atom stereocenters. The quantitative estimate of drug-likeness (QED) is 0.164. The summed E-state index contributed by atoms with van der Waals surface area (Å²) in [7, 11) is 0. The molecule has 4 nitrogen and oxygen atoms in total. The van der Waals surface area contributed by atoms with Crippen LogP contribution < -0.4 is 47.3 Å². The first-order chi connectivity index (χ1) is 34.7. The number of hydrogen-bond acceptors (Lipinski definition) is 3. The van der Waals surface area contributed by atoms with Gasteiger partial charge in [0.15, 0.2) is 0 Å². The Morgan fingerprint density at radius 1 is 0.338 bits per heavy atom. The maximum atomic E-state index is 7.52. The SMILES string of the molecule is Cc1ccc(N2c3ccc(C)cc3B3c4cc5c(cc4Oc4cc(-c6ccccc6)cc2c43)N(c2ccc(C)cc2)c2cc(-c3ccccc3)cc3c2B5c2cc(C)cc4c5cc(C)ccc5n-3c24)cc1. The zero-order valence-electron chi connectivity index (χ0n) is 40.4. The van der Waals surface area contributed by atoms with Crippen molar-refractivity contribution >= 4 is 102 Å². The first-order valence-corrected chi connectivity index (χ1v) is 25.0. The summed E-state index contributed by atoms with van der Waals surface area (Å²) in [6.45, 7) is 10.9. The van der Waals surface area contributed by atoms with Gasteiger partial charge in [0.25, 0.3) is 13.4 Å². The second-order valence-corrected chi connectivity index (χ2v) is 20.5. The number of hydrogen-bond donors (Lipinski definition) is 0. The lowest BCUT2D eigenvalue weighted by Crippen LogP contribution is -2.64. The lowest BCUT2D eigenvalue weighted by molar-refractivity contribution is 0.488. The minimum atomic E-state index is -0.0832. The Balaban J connectivity index is 1.06. The van der Waals surface area contributed by atoms with Crippen molar-refractivity contribution in [3.8, 4) is 39.4 Å². The third-order valence-corrected chi connectivity index (χ3v) is 15.8. The van der Waals surface area contributed by atoms with Gasteiger partial charge in [0.05, 0.1) is 5.52 Å². The van der Waals surface area contributed by atoms with Crippen molar-refractivity contribution in [1.82, 2.24) is 4.57 Å². The van der Waals surface area contributed by atoms with E-state index >= 15 is 0 Å². The number of anilines is 6. The van der Waals surface area contributed by atoms with E-state index in [0.29, 0.717) is 0 Å². The Morgan fingerprint density at radius 2 is 0.873 bits per heavy atom. The molecule has 0 amide bonds. The Bertz CT molecular complexity index is 4090. The first kappa shape index (κ1) is 40.4. The zero-order valence-corrected chi connectivity index (χ0v) is 40.4. The fourth-order valence-corrected chi connectivity index (χ4v) is 12.7. The molecular weight excluding hydrogens is 860 g/mol. The van der Waals surface area contributed by atoms with Crippen LogP contribution in [-0.4, -0.2) is 18.0 Å². The molecule has 0 N–H and O–H groups in total. The molecule has 1 aromatic heterocycles. The summed E-state index contributed by atoms with van der Waals surface area (Å²) in [6, 6.07) is 73.2. The Hall–Kier alpha value is -8.47. The van der Waals surface area contributed by atoms with Crippen molar-refractivity contribution in [2.45, 2.75) is 34.6 Å². The summed E-state index contributed by atoms with van der Waals surface area (Å²) < 4.78 is 10.1. The van der Waals surface area contributed by atoms with Crippen molar-refractivity contribution in [1.29, 1.82) is 0 Å². The molecule has 0 saturated carbocycles. The average Bonchev–Trinajstić information content (AvgIpc) is 3.71. The summed E-state index contributed by atoms with van der Waals surface area (Å²) >= 11 is 0. The molecule has 11 aromatic rings. The standard InChI is InChI=1S/C65H47B2N3O/c1-38-16-22-47(23-17-38)68-56-27-21-41(4)30-51(56)66-53-36-52-57(37-61(53)71-62-35-46(34-60(68)64(62)66)44-14-10-7-11-15-44)69(48-24-18-39(2)19-25-48)58-32-45(43-12-8-6-9-13-43)33-59-63(58)67(52)54-31-42(5)29-50-49-28-40(3)20-26-55(49)70(59)65(50)54/h6-37H,1-5H3. The first-order valence-electron chi connectivity index (χ1n) is 25.0. The van der Waals surface area contributed by atoms with Crippen LogP contribution in [0.4, 0.5) is 34.1 Å². The molecule has 0 radical (unpaired) electrons. The highest BCUT2D eigenvalue weighted by Gasteiger charge is 2.47. The Morgan fingerprint density at radius 3 is 1.56 bits per heavy atom. The molecule has 15 rings (SSSR count). The van der Waals surface area contributed by atoms with Gasteiger partial charge in [-0.15, -0.1) is 0 Å². The smallest absolute Gasteiger partial charge is 0.256 e.